The zero-order valence-electron chi connectivity index (χ0n) is 14.0. The van der Waals surface area contributed by atoms with Crippen molar-refractivity contribution < 1.29 is 4.74 Å². The molecular weight excluding hydrogens is 384 g/mol. The summed E-state index contributed by atoms with van der Waals surface area (Å²) in [6.45, 7) is 6.27. The van der Waals surface area contributed by atoms with E-state index in [1.165, 1.54) is 5.56 Å². The summed E-state index contributed by atoms with van der Waals surface area (Å²) < 4.78 is 7.13. The maximum atomic E-state index is 6.09. The highest BCUT2D eigenvalue weighted by molar-refractivity contribution is 9.10. The molecule has 0 amide bonds. The second-order valence-corrected chi connectivity index (χ2v) is 8.09. The lowest BCUT2D eigenvalue weighted by atomic mass is 9.90. The number of rotatable bonds is 2. The zero-order valence-corrected chi connectivity index (χ0v) is 16.4. The van der Waals surface area contributed by atoms with E-state index in [9.17, 15) is 0 Å². The highest BCUT2D eigenvalue weighted by Gasteiger charge is 2.34. The number of benzene rings is 2. The van der Waals surface area contributed by atoms with Gasteiger partial charge in [0.2, 0.25) is 0 Å². The molecule has 0 saturated heterocycles. The molecule has 2 N–H and O–H groups in total. The van der Waals surface area contributed by atoms with Crippen molar-refractivity contribution >= 4 is 38.9 Å². The van der Waals surface area contributed by atoms with Crippen LogP contribution in [0.15, 0.2) is 46.9 Å². The number of ether oxygens (including phenoxy) is 1. The lowest BCUT2D eigenvalue weighted by molar-refractivity contribution is 0.0696. The van der Waals surface area contributed by atoms with Gasteiger partial charge in [-0.25, -0.2) is 0 Å². The largest absolute Gasteiger partial charge is 0.487 e. The number of thiocarbonyl (C=S) groups is 1. The number of hydrogen-bond donors (Lipinski definition) is 2. The van der Waals surface area contributed by atoms with E-state index >= 15 is 0 Å². The second-order valence-electron chi connectivity index (χ2n) is 6.77. The van der Waals surface area contributed by atoms with Gasteiger partial charge in [0.05, 0.1) is 6.04 Å². The van der Waals surface area contributed by atoms with E-state index < -0.39 is 0 Å². The van der Waals surface area contributed by atoms with E-state index in [0.29, 0.717) is 5.11 Å². The molecule has 2 aromatic carbocycles. The second kappa shape index (κ2) is 6.73. The number of aryl methyl sites for hydroxylation is 1. The van der Waals surface area contributed by atoms with Gasteiger partial charge in [0.25, 0.3) is 0 Å². The van der Waals surface area contributed by atoms with Crippen molar-refractivity contribution in [2.75, 3.05) is 5.32 Å². The lowest BCUT2D eigenvalue weighted by Gasteiger charge is -2.38. The molecule has 24 heavy (non-hydrogen) atoms. The fourth-order valence-corrected chi connectivity index (χ4v) is 3.56. The summed E-state index contributed by atoms with van der Waals surface area (Å²) in [5.74, 6) is 0.907. The minimum absolute atomic E-state index is 0.103. The highest BCUT2D eigenvalue weighted by atomic mass is 79.9. The van der Waals surface area contributed by atoms with Crippen molar-refractivity contribution in [1.82, 2.24) is 5.32 Å². The van der Waals surface area contributed by atoms with Gasteiger partial charge in [0.15, 0.2) is 5.11 Å². The molecule has 1 atom stereocenters. The van der Waals surface area contributed by atoms with Crippen LogP contribution in [0.5, 0.6) is 5.75 Å². The van der Waals surface area contributed by atoms with E-state index in [1.54, 1.807) is 0 Å². The van der Waals surface area contributed by atoms with E-state index in [2.05, 4.69) is 65.5 Å². The van der Waals surface area contributed by atoms with Gasteiger partial charge >= 0.3 is 0 Å². The van der Waals surface area contributed by atoms with Gasteiger partial charge in [0, 0.05) is 22.1 Å². The summed E-state index contributed by atoms with van der Waals surface area (Å²) in [4.78, 5) is 0. The van der Waals surface area contributed by atoms with E-state index in [4.69, 9.17) is 17.0 Å². The number of hydrogen-bond acceptors (Lipinski definition) is 2. The van der Waals surface area contributed by atoms with Crippen molar-refractivity contribution in [1.29, 1.82) is 0 Å². The normalized spacial score (nSPS) is 18.2. The van der Waals surface area contributed by atoms with Gasteiger partial charge in [-0.15, -0.1) is 0 Å². The maximum absolute atomic E-state index is 6.09. The number of nitrogens with one attached hydrogen (secondary N) is 2. The SMILES string of the molecule is Cc1ccc(NC(=S)N[C@@H]2CC(C)(C)Oc3ccc(Br)cc32)cc1. The maximum Gasteiger partial charge on any atom is 0.171 e. The standard InChI is InChI=1S/C19H21BrN2OS/c1-12-4-7-14(8-5-12)21-18(24)22-16-11-19(2,3)23-17-9-6-13(20)10-15(16)17/h4-10,16H,11H2,1-3H3,(H2,21,22,24)/t16-/m1/s1. The van der Waals surface area contributed by atoms with E-state index in [0.717, 1.165) is 27.9 Å². The first-order valence-electron chi connectivity index (χ1n) is 7.95. The van der Waals surface area contributed by atoms with Gasteiger partial charge < -0.3 is 15.4 Å². The number of fused-ring (bicyclic) bond motifs is 1. The summed E-state index contributed by atoms with van der Waals surface area (Å²) >= 11 is 9.05. The average molecular weight is 405 g/mol. The Morgan fingerprint density at radius 1 is 1.21 bits per heavy atom. The summed E-state index contributed by atoms with van der Waals surface area (Å²) in [5.41, 5.74) is 3.10. The molecule has 0 aliphatic carbocycles. The Hall–Kier alpha value is -1.59. The first-order valence-corrected chi connectivity index (χ1v) is 9.15. The van der Waals surface area contributed by atoms with Crippen LogP contribution in [-0.2, 0) is 0 Å². The zero-order chi connectivity index (χ0) is 17.3. The van der Waals surface area contributed by atoms with Crippen molar-refractivity contribution in [3.63, 3.8) is 0 Å². The Morgan fingerprint density at radius 2 is 1.92 bits per heavy atom. The summed E-state index contributed by atoms with van der Waals surface area (Å²) in [6.07, 6.45) is 0.839. The lowest BCUT2D eigenvalue weighted by Crippen LogP contribution is -2.42. The molecule has 2 aromatic rings. The minimum atomic E-state index is -0.238. The molecule has 126 valence electrons. The first kappa shape index (κ1) is 17.2. The summed E-state index contributed by atoms with van der Waals surface area (Å²) in [5, 5.41) is 7.32. The third kappa shape index (κ3) is 4.08. The molecule has 0 aromatic heterocycles. The molecule has 0 bridgehead atoms. The van der Waals surface area contributed by atoms with E-state index in [-0.39, 0.29) is 11.6 Å². The van der Waals surface area contributed by atoms with Crippen LogP contribution < -0.4 is 15.4 Å². The van der Waals surface area contributed by atoms with Crippen LogP contribution in [0.2, 0.25) is 0 Å². The Balaban J connectivity index is 1.77. The minimum Gasteiger partial charge on any atom is -0.487 e. The molecule has 0 unspecified atom stereocenters. The van der Waals surface area contributed by atoms with Crippen LogP contribution in [0.3, 0.4) is 0 Å². The Morgan fingerprint density at radius 3 is 2.62 bits per heavy atom. The summed E-state index contributed by atoms with van der Waals surface area (Å²) in [6, 6.07) is 14.4. The van der Waals surface area contributed by atoms with Crippen LogP contribution in [0.1, 0.15) is 37.4 Å². The number of anilines is 1. The highest BCUT2D eigenvalue weighted by Crippen LogP contribution is 2.40. The fraction of sp³-hybridized carbons (Fsp3) is 0.316. The quantitative estimate of drug-likeness (QED) is 0.661. The fourth-order valence-electron chi connectivity index (χ4n) is 2.92. The molecule has 1 aliphatic rings. The molecule has 0 fully saturated rings. The smallest absolute Gasteiger partial charge is 0.171 e. The molecule has 1 aliphatic heterocycles. The molecule has 0 saturated carbocycles. The topological polar surface area (TPSA) is 33.3 Å². The Labute approximate surface area is 156 Å². The van der Waals surface area contributed by atoms with Crippen molar-refractivity contribution in [2.45, 2.75) is 38.8 Å². The van der Waals surface area contributed by atoms with Gasteiger partial charge in [-0.05, 0) is 63.3 Å². The third-order valence-electron chi connectivity index (χ3n) is 4.04. The van der Waals surface area contributed by atoms with Gasteiger partial charge in [0.1, 0.15) is 11.4 Å². The van der Waals surface area contributed by atoms with Crippen LogP contribution in [0, 0.1) is 6.92 Å². The van der Waals surface area contributed by atoms with Gasteiger partial charge in [-0.2, -0.15) is 0 Å². The van der Waals surface area contributed by atoms with Crippen LogP contribution in [0.25, 0.3) is 0 Å². The molecule has 3 rings (SSSR count). The van der Waals surface area contributed by atoms with Crippen LogP contribution >= 0.6 is 28.1 Å². The summed E-state index contributed by atoms with van der Waals surface area (Å²) in [7, 11) is 0. The van der Waals surface area contributed by atoms with E-state index in [1.807, 2.05) is 24.3 Å². The monoisotopic (exact) mass is 404 g/mol. The molecule has 0 spiro atoms. The van der Waals surface area contributed by atoms with Crippen molar-refractivity contribution in [3.8, 4) is 5.75 Å². The molecular formula is C19H21BrN2OS. The molecule has 0 radical (unpaired) electrons. The molecule has 1 heterocycles. The number of halogens is 1. The van der Waals surface area contributed by atoms with Gasteiger partial charge in [-0.3, -0.25) is 0 Å². The predicted molar refractivity (Wildman–Crippen MR) is 107 cm³/mol. The molecule has 3 nitrogen and oxygen atoms in total. The Kier molecular flexibility index (Phi) is 4.83. The first-order chi connectivity index (χ1) is 11.3. The average Bonchev–Trinajstić information content (AvgIpc) is 2.49. The van der Waals surface area contributed by atoms with Crippen molar-refractivity contribution in [3.05, 3.63) is 58.1 Å². The van der Waals surface area contributed by atoms with Gasteiger partial charge in [-0.1, -0.05) is 33.6 Å². The van der Waals surface area contributed by atoms with Crippen molar-refractivity contribution in [2.24, 2.45) is 0 Å². The van der Waals surface area contributed by atoms with Crippen LogP contribution in [0.4, 0.5) is 5.69 Å². The predicted octanol–water partition coefficient (Wildman–Crippen LogP) is 5.35. The third-order valence-corrected chi connectivity index (χ3v) is 4.76. The molecule has 5 heteroatoms. The Bertz CT molecular complexity index is 758. The van der Waals surface area contributed by atoms with Crippen LogP contribution in [-0.4, -0.2) is 10.7 Å².